The predicted octanol–water partition coefficient (Wildman–Crippen LogP) is 4.28. The van der Waals surface area contributed by atoms with Crippen molar-refractivity contribution in [1.82, 2.24) is 15.1 Å². The van der Waals surface area contributed by atoms with E-state index in [0.717, 1.165) is 11.3 Å². The molecule has 1 aromatic heterocycles. The van der Waals surface area contributed by atoms with E-state index in [-0.39, 0.29) is 11.9 Å². The number of hydrogen-bond acceptors (Lipinski definition) is 5. The molecule has 0 bridgehead atoms. The van der Waals surface area contributed by atoms with E-state index in [2.05, 4.69) is 15.5 Å². The largest absolute Gasteiger partial charge is 0.495 e. The third-order valence-corrected chi connectivity index (χ3v) is 4.33. The Morgan fingerprint density at radius 1 is 1.00 bits per heavy atom. The van der Waals surface area contributed by atoms with E-state index in [9.17, 15) is 4.79 Å². The lowest BCUT2D eigenvalue weighted by atomic mass is 10.1. The Morgan fingerprint density at radius 2 is 1.71 bits per heavy atom. The third kappa shape index (κ3) is 4.65. The molecule has 3 aromatic rings. The van der Waals surface area contributed by atoms with E-state index in [0.29, 0.717) is 23.8 Å². The maximum Gasteiger partial charge on any atom is 0.274 e. The lowest BCUT2D eigenvalue weighted by molar-refractivity contribution is 0.0683. The van der Waals surface area contributed by atoms with Crippen LogP contribution in [0.1, 0.15) is 29.9 Å². The molecule has 0 atom stereocenters. The fourth-order valence-corrected chi connectivity index (χ4v) is 2.82. The van der Waals surface area contributed by atoms with Crippen molar-refractivity contribution in [1.29, 1.82) is 0 Å². The molecule has 0 aliphatic heterocycles. The zero-order chi connectivity index (χ0) is 19.9. The molecule has 0 aliphatic rings. The molecule has 0 spiro atoms. The van der Waals surface area contributed by atoms with Crippen LogP contribution < -0.4 is 10.1 Å². The van der Waals surface area contributed by atoms with Gasteiger partial charge in [0.05, 0.1) is 12.8 Å². The van der Waals surface area contributed by atoms with Crippen molar-refractivity contribution in [3.8, 4) is 5.75 Å². The van der Waals surface area contributed by atoms with Gasteiger partial charge in [0.1, 0.15) is 5.75 Å². The van der Waals surface area contributed by atoms with Crippen LogP contribution in [0.2, 0.25) is 0 Å². The van der Waals surface area contributed by atoms with Crippen LogP contribution in [-0.4, -0.2) is 34.2 Å². The quantitative estimate of drug-likeness (QED) is 0.667. The van der Waals surface area contributed by atoms with Gasteiger partial charge in [-0.15, -0.1) is 10.2 Å². The van der Waals surface area contributed by atoms with Gasteiger partial charge in [0.25, 0.3) is 5.91 Å². The first-order valence-electron chi connectivity index (χ1n) is 9.17. The Kier molecular flexibility index (Phi) is 6.22. The molecule has 0 aliphatic carbocycles. The lowest BCUT2D eigenvalue weighted by Gasteiger charge is -2.26. The Labute approximate surface area is 165 Å². The normalized spacial score (nSPS) is 10.6. The molecule has 0 fully saturated rings. The van der Waals surface area contributed by atoms with Crippen molar-refractivity contribution in [3.05, 3.63) is 78.0 Å². The Balaban J connectivity index is 1.74. The highest BCUT2D eigenvalue weighted by atomic mass is 16.5. The summed E-state index contributed by atoms with van der Waals surface area (Å²) in [5.74, 6) is 1.11. The number of ether oxygens (including phenoxy) is 1. The predicted molar refractivity (Wildman–Crippen MR) is 110 cm³/mol. The fraction of sp³-hybridized carbons (Fsp3) is 0.227. The van der Waals surface area contributed by atoms with Crippen molar-refractivity contribution in [2.75, 3.05) is 12.4 Å². The number of methoxy groups -OCH3 is 1. The monoisotopic (exact) mass is 376 g/mol. The van der Waals surface area contributed by atoms with Gasteiger partial charge in [0, 0.05) is 12.6 Å². The highest BCUT2D eigenvalue weighted by Gasteiger charge is 2.20. The first-order chi connectivity index (χ1) is 13.6. The van der Waals surface area contributed by atoms with Gasteiger partial charge in [-0.1, -0.05) is 42.5 Å². The van der Waals surface area contributed by atoms with Gasteiger partial charge in [-0.25, -0.2) is 0 Å². The van der Waals surface area contributed by atoms with Crippen molar-refractivity contribution >= 4 is 17.4 Å². The number of nitrogens with one attached hydrogen (secondary N) is 1. The minimum absolute atomic E-state index is 0.0425. The summed E-state index contributed by atoms with van der Waals surface area (Å²) in [6.07, 6.45) is 0. The van der Waals surface area contributed by atoms with E-state index in [1.54, 1.807) is 24.1 Å². The number of carbonyl (C=O) groups is 1. The highest BCUT2D eigenvalue weighted by molar-refractivity contribution is 5.92. The number of amides is 1. The van der Waals surface area contributed by atoms with Gasteiger partial charge in [0.2, 0.25) is 0 Å². The number of aromatic nitrogens is 2. The summed E-state index contributed by atoms with van der Waals surface area (Å²) in [4.78, 5) is 14.7. The highest BCUT2D eigenvalue weighted by Crippen LogP contribution is 2.26. The lowest BCUT2D eigenvalue weighted by Crippen LogP contribution is -2.37. The van der Waals surface area contributed by atoms with Crippen LogP contribution in [0, 0.1) is 0 Å². The summed E-state index contributed by atoms with van der Waals surface area (Å²) < 4.78 is 5.32. The van der Waals surface area contributed by atoms with Gasteiger partial charge < -0.3 is 15.0 Å². The summed E-state index contributed by atoms with van der Waals surface area (Å²) in [6.45, 7) is 4.51. The van der Waals surface area contributed by atoms with Crippen LogP contribution in [0.25, 0.3) is 0 Å². The second kappa shape index (κ2) is 8.99. The Morgan fingerprint density at radius 3 is 2.36 bits per heavy atom. The average Bonchev–Trinajstić information content (AvgIpc) is 2.73. The molecule has 0 saturated carbocycles. The van der Waals surface area contributed by atoms with Crippen LogP contribution in [0.15, 0.2) is 66.7 Å². The molecule has 144 valence electrons. The third-order valence-electron chi connectivity index (χ3n) is 4.33. The van der Waals surface area contributed by atoms with Gasteiger partial charge >= 0.3 is 0 Å². The second-order valence-corrected chi connectivity index (χ2v) is 6.64. The van der Waals surface area contributed by atoms with E-state index < -0.39 is 0 Å². The first kappa shape index (κ1) is 19.4. The van der Waals surface area contributed by atoms with Gasteiger partial charge in [-0.3, -0.25) is 4.79 Å². The minimum Gasteiger partial charge on any atom is -0.495 e. The van der Waals surface area contributed by atoms with Gasteiger partial charge in [-0.05, 0) is 43.7 Å². The average molecular weight is 376 g/mol. The molecular formula is C22H24N4O2. The summed E-state index contributed by atoms with van der Waals surface area (Å²) in [7, 11) is 1.61. The van der Waals surface area contributed by atoms with Crippen LogP contribution >= 0.6 is 0 Å². The number of anilines is 2. The minimum atomic E-state index is -0.143. The summed E-state index contributed by atoms with van der Waals surface area (Å²) in [5.41, 5.74) is 2.17. The number of hydrogen-bond donors (Lipinski definition) is 1. The molecule has 0 saturated heterocycles. The van der Waals surface area contributed by atoms with Crippen molar-refractivity contribution in [3.63, 3.8) is 0 Å². The summed E-state index contributed by atoms with van der Waals surface area (Å²) in [6, 6.07) is 20.9. The standard InChI is InChI=1S/C22H24N4O2/c1-16(2)26(15-17-9-5-4-6-10-17)22(27)19-13-14-21(25-24-19)23-18-11-7-8-12-20(18)28-3/h4-14,16H,15H2,1-3H3,(H,23,25). The SMILES string of the molecule is COc1ccccc1Nc1ccc(C(=O)N(Cc2ccccc2)C(C)C)nn1. The maximum atomic E-state index is 12.9. The second-order valence-electron chi connectivity index (χ2n) is 6.64. The zero-order valence-corrected chi connectivity index (χ0v) is 16.3. The van der Waals surface area contributed by atoms with Crippen LogP contribution in [0.5, 0.6) is 5.75 Å². The molecule has 2 aromatic carbocycles. The topological polar surface area (TPSA) is 67.3 Å². The van der Waals surface area contributed by atoms with E-state index in [1.165, 1.54) is 0 Å². The maximum absolute atomic E-state index is 12.9. The van der Waals surface area contributed by atoms with Crippen molar-refractivity contribution in [2.45, 2.75) is 26.4 Å². The molecule has 1 heterocycles. The van der Waals surface area contributed by atoms with Gasteiger partial charge in [-0.2, -0.15) is 0 Å². The number of nitrogens with zero attached hydrogens (tertiary/aromatic N) is 3. The summed E-state index contributed by atoms with van der Waals surface area (Å²) >= 11 is 0. The molecule has 1 N–H and O–H groups in total. The Bertz CT molecular complexity index is 911. The van der Waals surface area contributed by atoms with E-state index in [4.69, 9.17) is 4.74 Å². The fourth-order valence-electron chi connectivity index (χ4n) is 2.82. The van der Waals surface area contributed by atoms with E-state index in [1.807, 2.05) is 68.4 Å². The van der Waals surface area contributed by atoms with Crippen molar-refractivity contribution in [2.24, 2.45) is 0 Å². The van der Waals surface area contributed by atoms with Crippen LogP contribution in [0.4, 0.5) is 11.5 Å². The van der Waals surface area contributed by atoms with Crippen molar-refractivity contribution < 1.29 is 9.53 Å². The zero-order valence-electron chi connectivity index (χ0n) is 16.3. The van der Waals surface area contributed by atoms with Crippen LogP contribution in [0.3, 0.4) is 0 Å². The number of para-hydroxylation sites is 2. The smallest absolute Gasteiger partial charge is 0.274 e. The molecular weight excluding hydrogens is 352 g/mol. The summed E-state index contributed by atoms with van der Waals surface area (Å²) in [5, 5.41) is 11.4. The molecule has 3 rings (SSSR count). The molecule has 0 unspecified atom stereocenters. The molecule has 1 amide bonds. The molecule has 0 radical (unpaired) electrons. The number of carbonyl (C=O) groups excluding carboxylic acids is 1. The van der Waals surface area contributed by atoms with Crippen LogP contribution in [-0.2, 0) is 6.54 Å². The molecule has 6 nitrogen and oxygen atoms in total. The number of rotatable bonds is 7. The van der Waals surface area contributed by atoms with Gasteiger partial charge in [0.15, 0.2) is 11.5 Å². The molecule has 28 heavy (non-hydrogen) atoms. The number of benzene rings is 2. The first-order valence-corrected chi connectivity index (χ1v) is 9.17. The van der Waals surface area contributed by atoms with E-state index >= 15 is 0 Å². The Hall–Kier alpha value is -3.41. The molecule has 6 heteroatoms.